The average Bonchev–Trinajstić information content (AvgIpc) is 3.11. The van der Waals surface area contributed by atoms with Gasteiger partial charge in [0.2, 0.25) is 0 Å². The maximum Gasteiger partial charge on any atom is 0.133 e. The zero-order valence-corrected chi connectivity index (χ0v) is 24.3. The standard InChI is InChI=1S/C34H37ClN2O2/c1-7-8-30(26-13-10-25(19-36)11-14-26)33-24(5)34(38-6)31(20-37-33)28-15-16-29(32(35)18-28)23(4)27-12-9-21(2)39-22(3)17-27/h7-8,10-11,13-16,18,20-23,27H,1,9,12,17H2,2-6H3/b30-8-/t21-,22+,23?,27?/m1/s1. The Morgan fingerprint density at radius 1 is 1.18 bits per heavy atom. The monoisotopic (exact) mass is 540 g/mol. The molecule has 0 bridgehead atoms. The number of benzene rings is 2. The number of nitriles is 1. The van der Waals surface area contributed by atoms with Gasteiger partial charge in [-0.15, -0.1) is 0 Å². The Hall–Kier alpha value is -3.39. The fourth-order valence-corrected chi connectivity index (χ4v) is 6.13. The first-order valence-corrected chi connectivity index (χ1v) is 14.0. The molecule has 2 aromatic carbocycles. The summed E-state index contributed by atoms with van der Waals surface area (Å²) in [6.45, 7) is 12.5. The number of pyridine rings is 1. The number of ether oxygens (including phenoxy) is 2. The molecule has 4 nitrogen and oxygen atoms in total. The molecule has 0 saturated carbocycles. The Kier molecular flexibility index (Phi) is 9.28. The maximum atomic E-state index is 9.18. The lowest BCUT2D eigenvalue weighted by molar-refractivity contribution is 0.0103. The summed E-state index contributed by atoms with van der Waals surface area (Å²) >= 11 is 6.93. The first kappa shape index (κ1) is 28.6. The van der Waals surface area contributed by atoms with E-state index >= 15 is 0 Å². The molecule has 5 heteroatoms. The summed E-state index contributed by atoms with van der Waals surface area (Å²) in [6, 6.07) is 16.0. The molecular weight excluding hydrogens is 504 g/mol. The highest BCUT2D eigenvalue weighted by molar-refractivity contribution is 6.31. The lowest BCUT2D eigenvalue weighted by atomic mass is 9.81. The molecule has 39 heavy (non-hydrogen) atoms. The minimum absolute atomic E-state index is 0.258. The number of hydrogen-bond donors (Lipinski definition) is 0. The van der Waals surface area contributed by atoms with Crippen molar-refractivity contribution in [2.45, 2.75) is 65.1 Å². The Labute approximate surface area is 238 Å². The number of halogens is 1. The van der Waals surface area contributed by atoms with Gasteiger partial charge in [-0.25, -0.2) is 0 Å². The van der Waals surface area contributed by atoms with Gasteiger partial charge in [0.15, 0.2) is 0 Å². The van der Waals surface area contributed by atoms with Gasteiger partial charge in [-0.2, -0.15) is 5.26 Å². The number of methoxy groups -OCH3 is 1. The highest BCUT2D eigenvalue weighted by Crippen LogP contribution is 2.42. The third-order valence-corrected chi connectivity index (χ3v) is 8.21. The largest absolute Gasteiger partial charge is 0.496 e. The van der Waals surface area contributed by atoms with Crippen LogP contribution in [0.1, 0.15) is 73.9 Å². The molecule has 2 unspecified atom stereocenters. The van der Waals surface area contributed by atoms with Gasteiger partial charge >= 0.3 is 0 Å². The van der Waals surface area contributed by atoms with Crippen molar-refractivity contribution in [3.05, 3.63) is 100 Å². The second kappa shape index (κ2) is 12.6. The van der Waals surface area contributed by atoms with Gasteiger partial charge in [-0.1, -0.05) is 61.5 Å². The van der Waals surface area contributed by atoms with Crippen molar-refractivity contribution in [3.63, 3.8) is 0 Å². The van der Waals surface area contributed by atoms with Crippen molar-refractivity contribution < 1.29 is 9.47 Å². The van der Waals surface area contributed by atoms with Crippen LogP contribution in [0, 0.1) is 24.2 Å². The summed E-state index contributed by atoms with van der Waals surface area (Å²) in [7, 11) is 1.68. The summed E-state index contributed by atoms with van der Waals surface area (Å²) in [6.07, 6.45) is 9.36. The minimum atomic E-state index is 0.258. The molecule has 0 spiro atoms. The van der Waals surface area contributed by atoms with E-state index in [4.69, 9.17) is 26.1 Å². The summed E-state index contributed by atoms with van der Waals surface area (Å²) in [4.78, 5) is 4.87. The normalized spacial score (nSPS) is 20.5. The van der Waals surface area contributed by atoms with Crippen molar-refractivity contribution in [3.8, 4) is 22.9 Å². The van der Waals surface area contributed by atoms with Crippen LogP contribution < -0.4 is 4.74 Å². The Morgan fingerprint density at radius 3 is 2.56 bits per heavy atom. The van der Waals surface area contributed by atoms with Crippen LogP contribution in [-0.2, 0) is 4.74 Å². The van der Waals surface area contributed by atoms with Gasteiger partial charge < -0.3 is 9.47 Å². The van der Waals surface area contributed by atoms with Crippen molar-refractivity contribution in [2.75, 3.05) is 7.11 Å². The number of hydrogen-bond acceptors (Lipinski definition) is 4. The summed E-state index contributed by atoms with van der Waals surface area (Å²) in [5.41, 5.74) is 7.22. The molecule has 1 aliphatic heterocycles. The molecule has 1 saturated heterocycles. The molecule has 1 aromatic heterocycles. The second-order valence-corrected chi connectivity index (χ2v) is 10.9. The zero-order chi connectivity index (χ0) is 28.1. The SMILES string of the molecule is C=C/C=C(/c1ccc(C#N)cc1)c1ncc(-c2ccc(C(C)C3CC[C@@H](C)O[C@@H](C)C3)c(Cl)c2)c(OC)c1C. The van der Waals surface area contributed by atoms with Crippen molar-refractivity contribution in [1.29, 1.82) is 5.26 Å². The molecule has 0 amide bonds. The van der Waals surface area contributed by atoms with Crippen LogP contribution in [0.4, 0.5) is 0 Å². The van der Waals surface area contributed by atoms with E-state index in [1.54, 1.807) is 25.3 Å². The fourth-order valence-electron chi connectivity index (χ4n) is 5.77. The molecule has 3 aromatic rings. The number of nitrogens with zero attached hydrogens (tertiary/aromatic N) is 2. The van der Waals surface area contributed by atoms with E-state index in [9.17, 15) is 5.26 Å². The number of aromatic nitrogens is 1. The van der Waals surface area contributed by atoms with Gasteiger partial charge in [0, 0.05) is 27.9 Å². The van der Waals surface area contributed by atoms with Gasteiger partial charge in [0.1, 0.15) is 5.75 Å². The number of allylic oxidation sites excluding steroid dienone is 2. The average molecular weight is 541 g/mol. The van der Waals surface area contributed by atoms with E-state index in [0.29, 0.717) is 23.5 Å². The van der Waals surface area contributed by atoms with Crippen molar-refractivity contribution in [2.24, 2.45) is 5.92 Å². The van der Waals surface area contributed by atoms with Gasteiger partial charge in [-0.3, -0.25) is 4.98 Å². The summed E-state index contributed by atoms with van der Waals surface area (Å²) < 4.78 is 12.0. The van der Waals surface area contributed by atoms with E-state index in [-0.39, 0.29) is 6.10 Å². The lowest BCUT2D eigenvalue weighted by Gasteiger charge is -2.25. The van der Waals surface area contributed by atoms with E-state index < -0.39 is 0 Å². The first-order chi connectivity index (χ1) is 18.8. The molecule has 4 atom stereocenters. The Balaban J connectivity index is 1.68. The molecule has 1 aliphatic rings. The predicted molar refractivity (Wildman–Crippen MR) is 160 cm³/mol. The van der Waals surface area contributed by atoms with Gasteiger partial charge in [0.25, 0.3) is 0 Å². The number of rotatable bonds is 7. The Bertz CT molecular complexity index is 1400. The van der Waals surface area contributed by atoms with Crippen LogP contribution in [0.15, 0.2) is 67.4 Å². The predicted octanol–water partition coefficient (Wildman–Crippen LogP) is 8.91. The van der Waals surface area contributed by atoms with E-state index in [2.05, 4.69) is 45.6 Å². The van der Waals surface area contributed by atoms with Crippen LogP contribution in [0.3, 0.4) is 0 Å². The quantitative estimate of drug-likeness (QED) is 0.281. The zero-order valence-electron chi connectivity index (χ0n) is 23.5. The van der Waals surface area contributed by atoms with Crippen LogP contribution in [0.5, 0.6) is 5.75 Å². The third-order valence-electron chi connectivity index (χ3n) is 7.88. The highest BCUT2D eigenvalue weighted by Gasteiger charge is 2.28. The highest BCUT2D eigenvalue weighted by atomic mass is 35.5. The Morgan fingerprint density at radius 2 is 1.92 bits per heavy atom. The van der Waals surface area contributed by atoms with Crippen molar-refractivity contribution >= 4 is 17.2 Å². The van der Waals surface area contributed by atoms with Gasteiger partial charge in [-0.05, 0) is 86.8 Å². The molecule has 202 valence electrons. The molecular formula is C34H37ClN2O2. The smallest absolute Gasteiger partial charge is 0.133 e. The first-order valence-electron chi connectivity index (χ1n) is 13.6. The minimum Gasteiger partial charge on any atom is -0.496 e. The van der Waals surface area contributed by atoms with E-state index in [0.717, 1.165) is 63.6 Å². The third kappa shape index (κ3) is 6.27. The molecule has 4 rings (SSSR count). The molecule has 2 heterocycles. The maximum absolute atomic E-state index is 9.18. The van der Waals surface area contributed by atoms with Crippen LogP contribution in [-0.4, -0.2) is 24.3 Å². The van der Waals surface area contributed by atoms with E-state index in [1.165, 1.54) is 5.56 Å². The van der Waals surface area contributed by atoms with Crippen LogP contribution in [0.2, 0.25) is 5.02 Å². The van der Waals surface area contributed by atoms with E-state index in [1.807, 2.05) is 37.4 Å². The van der Waals surface area contributed by atoms with Crippen LogP contribution in [0.25, 0.3) is 16.7 Å². The van der Waals surface area contributed by atoms with Crippen LogP contribution >= 0.6 is 11.6 Å². The fraction of sp³-hybridized carbons (Fsp3) is 0.353. The summed E-state index contributed by atoms with van der Waals surface area (Å²) in [5, 5.41) is 9.94. The second-order valence-electron chi connectivity index (χ2n) is 10.5. The molecule has 1 fully saturated rings. The summed E-state index contributed by atoms with van der Waals surface area (Å²) in [5.74, 6) is 1.62. The van der Waals surface area contributed by atoms with Crippen molar-refractivity contribution in [1.82, 2.24) is 4.98 Å². The molecule has 0 radical (unpaired) electrons. The topological polar surface area (TPSA) is 55.1 Å². The lowest BCUT2D eigenvalue weighted by Crippen LogP contribution is -2.17. The molecule has 0 aliphatic carbocycles. The van der Waals surface area contributed by atoms with Gasteiger partial charge in [0.05, 0.1) is 36.6 Å². The molecule has 0 N–H and O–H groups in total.